The Bertz CT molecular complexity index is 1480. The van der Waals surface area contributed by atoms with E-state index in [0.717, 1.165) is 48.7 Å². The van der Waals surface area contributed by atoms with E-state index in [0.29, 0.717) is 46.6 Å². The molecule has 5 rings (SSSR count). The van der Waals surface area contributed by atoms with Gasteiger partial charge in [0.15, 0.2) is 23.0 Å². The number of nitrogens with zero attached hydrogens (tertiary/aromatic N) is 4. The van der Waals surface area contributed by atoms with Crippen molar-refractivity contribution in [3.05, 3.63) is 72.1 Å². The lowest BCUT2D eigenvalue weighted by Crippen LogP contribution is -2.55. The van der Waals surface area contributed by atoms with Crippen LogP contribution in [0.5, 0.6) is 34.5 Å². The first-order valence-electron chi connectivity index (χ1n) is 15.3. The predicted octanol–water partition coefficient (Wildman–Crippen LogP) is 5.96. The molecular formula is C36H44N4O6. The molecule has 10 nitrogen and oxygen atoms in total. The van der Waals surface area contributed by atoms with Gasteiger partial charge < -0.3 is 28.4 Å². The molecule has 46 heavy (non-hydrogen) atoms. The number of hydrogen-bond acceptors (Lipinski definition) is 10. The second kappa shape index (κ2) is 14.7. The fraction of sp³-hybridized carbons (Fsp3) is 0.389. The minimum atomic E-state index is 0.366. The van der Waals surface area contributed by atoms with Gasteiger partial charge in [0.2, 0.25) is 11.5 Å². The summed E-state index contributed by atoms with van der Waals surface area (Å²) in [5.74, 6) is 3.55. The molecule has 244 valence electrons. The van der Waals surface area contributed by atoms with Gasteiger partial charge in [0, 0.05) is 61.8 Å². The average Bonchev–Trinajstić information content (AvgIpc) is 3.09. The van der Waals surface area contributed by atoms with Gasteiger partial charge in [-0.05, 0) is 73.5 Å². The third-order valence-corrected chi connectivity index (χ3v) is 8.59. The van der Waals surface area contributed by atoms with Crippen LogP contribution in [0.25, 0.3) is 22.5 Å². The summed E-state index contributed by atoms with van der Waals surface area (Å²) in [6.45, 7) is 8.17. The molecule has 10 heteroatoms. The highest BCUT2D eigenvalue weighted by Crippen LogP contribution is 2.42. The number of methoxy groups -OCH3 is 6. The highest BCUT2D eigenvalue weighted by Gasteiger charge is 2.29. The molecule has 2 atom stereocenters. The van der Waals surface area contributed by atoms with Gasteiger partial charge in [-0.1, -0.05) is 0 Å². The monoisotopic (exact) mass is 628 g/mol. The molecule has 0 unspecified atom stereocenters. The Balaban J connectivity index is 1.28. The third kappa shape index (κ3) is 6.98. The summed E-state index contributed by atoms with van der Waals surface area (Å²) in [4.78, 5) is 14.4. The van der Waals surface area contributed by atoms with Crippen molar-refractivity contribution < 1.29 is 28.4 Å². The minimum absolute atomic E-state index is 0.366. The Kier molecular flexibility index (Phi) is 10.5. The molecule has 2 aromatic carbocycles. The lowest BCUT2D eigenvalue weighted by molar-refractivity contribution is 0.0328. The van der Waals surface area contributed by atoms with Crippen LogP contribution in [0, 0.1) is 0 Å². The maximum absolute atomic E-state index is 5.56. The molecule has 1 aliphatic heterocycles. The summed E-state index contributed by atoms with van der Waals surface area (Å²) >= 11 is 0. The minimum Gasteiger partial charge on any atom is -0.493 e. The van der Waals surface area contributed by atoms with Crippen molar-refractivity contribution >= 4 is 0 Å². The van der Waals surface area contributed by atoms with Crippen molar-refractivity contribution in [3.8, 4) is 57.0 Å². The summed E-state index contributed by atoms with van der Waals surface area (Å²) in [6.07, 6.45) is 3.74. The van der Waals surface area contributed by atoms with Crippen molar-refractivity contribution in [2.75, 3.05) is 55.7 Å². The number of hydrogen-bond donors (Lipinski definition) is 0. The van der Waals surface area contributed by atoms with E-state index in [4.69, 9.17) is 28.4 Å². The molecule has 0 amide bonds. The van der Waals surface area contributed by atoms with Crippen LogP contribution in [0.4, 0.5) is 0 Å². The van der Waals surface area contributed by atoms with Gasteiger partial charge in [0.1, 0.15) is 0 Å². The van der Waals surface area contributed by atoms with E-state index in [2.05, 4.69) is 57.9 Å². The van der Waals surface area contributed by atoms with E-state index in [1.54, 1.807) is 42.7 Å². The first-order valence-corrected chi connectivity index (χ1v) is 15.3. The molecule has 0 bridgehead atoms. The zero-order valence-corrected chi connectivity index (χ0v) is 28.0. The molecule has 0 spiro atoms. The molecule has 1 fully saturated rings. The SMILES string of the molecule is COc1cc(-c2cc(CN3C[C@H](C)N(Cc4ccnc(-c5cc(OC)c(OC)c(OC)c5)c4)C[C@H]3C)ccn2)cc(OC)c1OC. The summed E-state index contributed by atoms with van der Waals surface area (Å²) < 4.78 is 33.2. The Morgan fingerprint density at radius 1 is 0.543 bits per heavy atom. The zero-order valence-electron chi connectivity index (χ0n) is 28.0. The molecule has 4 aromatic rings. The molecular weight excluding hydrogens is 584 g/mol. The molecule has 2 aromatic heterocycles. The van der Waals surface area contributed by atoms with E-state index >= 15 is 0 Å². The summed E-state index contributed by atoms with van der Waals surface area (Å²) in [7, 11) is 9.69. The van der Waals surface area contributed by atoms with Crippen LogP contribution >= 0.6 is 0 Å². The van der Waals surface area contributed by atoms with Crippen molar-refractivity contribution in [1.29, 1.82) is 0 Å². The van der Waals surface area contributed by atoms with Gasteiger partial charge in [-0.15, -0.1) is 0 Å². The zero-order chi connectivity index (χ0) is 32.8. The lowest BCUT2D eigenvalue weighted by atomic mass is 10.0. The summed E-state index contributed by atoms with van der Waals surface area (Å²) in [5.41, 5.74) is 5.94. The number of pyridine rings is 2. The summed E-state index contributed by atoms with van der Waals surface area (Å²) in [6, 6.07) is 16.9. The maximum atomic E-state index is 5.56. The van der Waals surface area contributed by atoms with Crippen molar-refractivity contribution in [2.24, 2.45) is 0 Å². The maximum Gasteiger partial charge on any atom is 0.203 e. The fourth-order valence-electron chi connectivity index (χ4n) is 6.10. The number of aromatic nitrogens is 2. The van der Waals surface area contributed by atoms with Gasteiger partial charge in [-0.25, -0.2) is 0 Å². The van der Waals surface area contributed by atoms with Crippen molar-refractivity contribution in [2.45, 2.75) is 39.0 Å². The average molecular weight is 629 g/mol. The van der Waals surface area contributed by atoms with Crippen LogP contribution < -0.4 is 28.4 Å². The van der Waals surface area contributed by atoms with E-state index in [1.165, 1.54) is 11.1 Å². The van der Waals surface area contributed by atoms with E-state index in [9.17, 15) is 0 Å². The second-order valence-electron chi connectivity index (χ2n) is 11.5. The topological polar surface area (TPSA) is 87.6 Å². The van der Waals surface area contributed by atoms with Gasteiger partial charge in [-0.3, -0.25) is 19.8 Å². The molecule has 3 heterocycles. The molecule has 0 N–H and O–H groups in total. The highest BCUT2D eigenvalue weighted by molar-refractivity contribution is 5.70. The Morgan fingerprint density at radius 3 is 1.20 bits per heavy atom. The van der Waals surface area contributed by atoms with Gasteiger partial charge in [0.25, 0.3) is 0 Å². The van der Waals surface area contributed by atoms with Gasteiger partial charge in [-0.2, -0.15) is 0 Å². The Hall–Kier alpha value is -4.54. The van der Waals surface area contributed by atoms with Crippen LogP contribution in [-0.4, -0.2) is 87.6 Å². The van der Waals surface area contributed by atoms with Crippen LogP contribution in [0.1, 0.15) is 25.0 Å². The second-order valence-corrected chi connectivity index (χ2v) is 11.5. The molecule has 0 saturated carbocycles. The van der Waals surface area contributed by atoms with Crippen LogP contribution in [-0.2, 0) is 13.1 Å². The van der Waals surface area contributed by atoms with Crippen LogP contribution in [0.2, 0.25) is 0 Å². The van der Waals surface area contributed by atoms with Crippen molar-refractivity contribution in [3.63, 3.8) is 0 Å². The third-order valence-electron chi connectivity index (χ3n) is 8.59. The van der Waals surface area contributed by atoms with Crippen LogP contribution in [0.15, 0.2) is 60.9 Å². The van der Waals surface area contributed by atoms with E-state index in [-0.39, 0.29) is 0 Å². The molecule has 1 saturated heterocycles. The normalized spacial score (nSPS) is 17.0. The number of benzene rings is 2. The number of ether oxygens (including phenoxy) is 6. The fourth-order valence-corrected chi connectivity index (χ4v) is 6.10. The molecule has 0 aliphatic carbocycles. The Labute approximate surface area is 271 Å². The highest BCUT2D eigenvalue weighted by atomic mass is 16.5. The smallest absolute Gasteiger partial charge is 0.203 e. The first-order chi connectivity index (χ1) is 22.3. The van der Waals surface area contributed by atoms with E-state index in [1.807, 2.05) is 36.7 Å². The van der Waals surface area contributed by atoms with E-state index < -0.39 is 0 Å². The predicted molar refractivity (Wildman–Crippen MR) is 178 cm³/mol. The van der Waals surface area contributed by atoms with Crippen LogP contribution in [0.3, 0.4) is 0 Å². The Morgan fingerprint density at radius 2 is 0.891 bits per heavy atom. The van der Waals surface area contributed by atoms with Crippen molar-refractivity contribution in [1.82, 2.24) is 19.8 Å². The number of piperazine rings is 1. The number of rotatable bonds is 12. The largest absolute Gasteiger partial charge is 0.493 e. The first kappa shape index (κ1) is 32.8. The van der Waals surface area contributed by atoms with Gasteiger partial charge >= 0.3 is 0 Å². The molecule has 1 aliphatic rings. The standard InChI is InChI=1S/C36H44N4O6/c1-23-19-40(22-26-10-12-38-30(14-26)28-17-33(43-5)36(46-8)34(18-28)44-6)24(2)20-39(23)21-25-9-11-37-29(13-25)27-15-31(41-3)35(45-7)32(16-27)42-4/h9-18,23-24H,19-22H2,1-8H3/t23-,24+. The molecule has 0 radical (unpaired) electrons. The quantitative estimate of drug-likeness (QED) is 0.187. The van der Waals surface area contributed by atoms with Gasteiger partial charge in [0.05, 0.1) is 54.0 Å². The summed E-state index contributed by atoms with van der Waals surface area (Å²) in [5, 5.41) is 0. The lowest BCUT2D eigenvalue weighted by Gasteiger charge is -2.44.